The molecule has 1 saturated carbocycles. The van der Waals surface area contributed by atoms with E-state index in [-0.39, 0.29) is 12.0 Å². The maximum absolute atomic E-state index is 12.1. The minimum absolute atomic E-state index is 0.0539. The van der Waals surface area contributed by atoms with Gasteiger partial charge in [-0.25, -0.2) is 4.52 Å². The van der Waals surface area contributed by atoms with E-state index < -0.39 is 0 Å². The molecule has 1 saturated heterocycles. The van der Waals surface area contributed by atoms with Gasteiger partial charge in [0.25, 0.3) is 5.91 Å². The highest BCUT2D eigenvalue weighted by Gasteiger charge is 2.26. The Balaban J connectivity index is 1.45. The average Bonchev–Trinajstić information content (AvgIpc) is 3.22. The van der Waals surface area contributed by atoms with Gasteiger partial charge in [-0.3, -0.25) is 14.5 Å². The van der Waals surface area contributed by atoms with E-state index in [9.17, 15) is 4.79 Å². The van der Waals surface area contributed by atoms with Gasteiger partial charge in [-0.2, -0.15) is 15.2 Å². The molecule has 4 aromatic heterocycles. The molecule has 0 bridgehead atoms. The van der Waals surface area contributed by atoms with Gasteiger partial charge in [-0.05, 0) is 18.9 Å². The minimum Gasteiger partial charge on any atom is -0.471 e. The van der Waals surface area contributed by atoms with Crippen LogP contribution in [0.4, 0.5) is 0 Å². The van der Waals surface area contributed by atoms with Crippen LogP contribution in [0.25, 0.3) is 27.9 Å². The molecule has 1 atom stereocenters. The van der Waals surface area contributed by atoms with Gasteiger partial charge >= 0.3 is 0 Å². The number of amides is 1. The Morgan fingerprint density at radius 1 is 1.09 bits per heavy atom. The number of hydrogen-bond donors (Lipinski definition) is 1. The van der Waals surface area contributed by atoms with Crippen molar-refractivity contribution in [2.24, 2.45) is 0 Å². The van der Waals surface area contributed by atoms with Crippen LogP contribution in [0.3, 0.4) is 0 Å². The number of nitrogens with one attached hydrogen (secondary N) is 1. The molecule has 6 rings (SSSR count). The zero-order valence-corrected chi connectivity index (χ0v) is 18.1. The molecule has 33 heavy (non-hydrogen) atoms. The van der Waals surface area contributed by atoms with Crippen molar-refractivity contribution < 1.29 is 14.3 Å². The molecular formula is C23H23N7O3. The summed E-state index contributed by atoms with van der Waals surface area (Å²) in [5, 5.41) is 11.7. The molecule has 10 nitrogen and oxygen atoms in total. The summed E-state index contributed by atoms with van der Waals surface area (Å²) in [7, 11) is 1.59. The summed E-state index contributed by atoms with van der Waals surface area (Å²) in [6, 6.07) is 2.27. The third kappa shape index (κ3) is 3.72. The monoisotopic (exact) mass is 445 g/mol. The standard InChI is InChI=1S/C23H23N7O3/c1-24-22(31)15-6-14(7-25-8-15)19-10-27-30-12-20(16-9-26-29(11-16)17-2-3-17)23(28-21(19)30)33-18-4-5-32-13-18/h6-12,17-18H,2-5,13H2,1H3,(H,24,31)/t18-/m0/s1. The molecule has 0 aromatic carbocycles. The van der Waals surface area contributed by atoms with E-state index in [2.05, 4.69) is 20.5 Å². The molecule has 1 N–H and O–H groups in total. The summed E-state index contributed by atoms with van der Waals surface area (Å²) in [6.07, 6.45) is 13.9. The Labute approximate surface area is 189 Å². The van der Waals surface area contributed by atoms with Crippen LogP contribution in [0, 0.1) is 0 Å². The van der Waals surface area contributed by atoms with Gasteiger partial charge in [0.1, 0.15) is 6.10 Å². The quantitative estimate of drug-likeness (QED) is 0.486. The van der Waals surface area contributed by atoms with Crippen molar-refractivity contribution in [1.82, 2.24) is 34.7 Å². The highest BCUT2D eigenvalue weighted by atomic mass is 16.5. The van der Waals surface area contributed by atoms with Gasteiger partial charge in [0.2, 0.25) is 5.88 Å². The number of carbonyl (C=O) groups excluding carboxylic acids is 1. The van der Waals surface area contributed by atoms with E-state index in [0.29, 0.717) is 36.3 Å². The second kappa shape index (κ2) is 7.96. The first-order valence-electron chi connectivity index (χ1n) is 11.0. The number of nitrogens with zero attached hydrogens (tertiary/aromatic N) is 6. The number of fused-ring (bicyclic) bond motifs is 1. The van der Waals surface area contributed by atoms with Crippen molar-refractivity contribution in [2.45, 2.75) is 31.4 Å². The van der Waals surface area contributed by atoms with Crippen LogP contribution in [0.5, 0.6) is 5.88 Å². The van der Waals surface area contributed by atoms with E-state index in [1.165, 1.54) is 6.20 Å². The fourth-order valence-electron chi connectivity index (χ4n) is 4.02. The third-order valence-electron chi connectivity index (χ3n) is 6.00. The first-order valence-corrected chi connectivity index (χ1v) is 11.0. The summed E-state index contributed by atoms with van der Waals surface area (Å²) < 4.78 is 15.5. The molecule has 2 aliphatic rings. The predicted octanol–water partition coefficient (Wildman–Crippen LogP) is 2.52. The van der Waals surface area contributed by atoms with Crippen LogP contribution in [-0.2, 0) is 4.74 Å². The number of hydrogen-bond acceptors (Lipinski definition) is 7. The lowest BCUT2D eigenvalue weighted by atomic mass is 10.1. The molecule has 4 aromatic rings. The summed E-state index contributed by atoms with van der Waals surface area (Å²) in [5.41, 5.74) is 4.37. The normalized spacial score (nSPS) is 18.0. The van der Waals surface area contributed by atoms with E-state index in [0.717, 1.165) is 41.5 Å². The van der Waals surface area contributed by atoms with Gasteiger partial charge in [-0.1, -0.05) is 0 Å². The van der Waals surface area contributed by atoms with Crippen LogP contribution < -0.4 is 10.1 Å². The summed E-state index contributed by atoms with van der Waals surface area (Å²) in [4.78, 5) is 21.2. The van der Waals surface area contributed by atoms with Gasteiger partial charge < -0.3 is 14.8 Å². The van der Waals surface area contributed by atoms with Gasteiger partial charge in [0.15, 0.2) is 5.65 Å². The largest absolute Gasteiger partial charge is 0.471 e. The maximum atomic E-state index is 12.1. The molecule has 0 radical (unpaired) electrons. The van der Waals surface area contributed by atoms with E-state index in [1.807, 2.05) is 23.3 Å². The molecule has 5 heterocycles. The number of carbonyl (C=O) groups is 1. The average molecular weight is 445 g/mol. The summed E-state index contributed by atoms with van der Waals surface area (Å²) in [5.74, 6) is 0.319. The van der Waals surface area contributed by atoms with Crippen molar-refractivity contribution in [3.05, 3.63) is 48.8 Å². The molecule has 168 valence electrons. The van der Waals surface area contributed by atoms with Crippen molar-refractivity contribution in [1.29, 1.82) is 0 Å². The second-order valence-electron chi connectivity index (χ2n) is 8.37. The lowest BCUT2D eigenvalue weighted by Gasteiger charge is -2.14. The molecule has 0 unspecified atom stereocenters. The van der Waals surface area contributed by atoms with Crippen molar-refractivity contribution in [2.75, 3.05) is 20.3 Å². The zero-order valence-electron chi connectivity index (χ0n) is 18.1. The lowest BCUT2D eigenvalue weighted by Crippen LogP contribution is -2.18. The number of rotatable bonds is 6. The Kier molecular flexibility index (Phi) is 4.79. The maximum Gasteiger partial charge on any atom is 0.252 e. The first kappa shape index (κ1) is 19.9. The molecular weight excluding hydrogens is 422 g/mol. The van der Waals surface area contributed by atoms with E-state index >= 15 is 0 Å². The Morgan fingerprint density at radius 3 is 2.79 bits per heavy atom. The molecule has 10 heteroatoms. The summed E-state index contributed by atoms with van der Waals surface area (Å²) >= 11 is 0. The van der Waals surface area contributed by atoms with Crippen LogP contribution in [-0.4, -0.2) is 61.6 Å². The summed E-state index contributed by atoms with van der Waals surface area (Å²) in [6.45, 7) is 1.22. The van der Waals surface area contributed by atoms with Crippen LogP contribution in [0.2, 0.25) is 0 Å². The molecule has 2 fully saturated rings. The second-order valence-corrected chi connectivity index (χ2v) is 8.37. The zero-order chi connectivity index (χ0) is 22.4. The smallest absolute Gasteiger partial charge is 0.252 e. The molecule has 0 spiro atoms. The highest BCUT2D eigenvalue weighted by Crippen LogP contribution is 2.37. The molecule has 1 aliphatic heterocycles. The fourth-order valence-corrected chi connectivity index (χ4v) is 4.02. The Hall–Kier alpha value is -3.79. The van der Waals surface area contributed by atoms with Crippen molar-refractivity contribution in [3.63, 3.8) is 0 Å². The minimum atomic E-state index is -0.200. The highest BCUT2D eigenvalue weighted by molar-refractivity contribution is 5.95. The molecule has 1 amide bonds. The Morgan fingerprint density at radius 2 is 2.00 bits per heavy atom. The van der Waals surface area contributed by atoms with Crippen LogP contribution in [0.15, 0.2) is 43.2 Å². The topological polar surface area (TPSA) is 108 Å². The van der Waals surface area contributed by atoms with Gasteiger partial charge in [0.05, 0.1) is 42.8 Å². The lowest BCUT2D eigenvalue weighted by molar-refractivity contribution is 0.0962. The molecule has 1 aliphatic carbocycles. The number of aromatic nitrogens is 6. The SMILES string of the molecule is CNC(=O)c1cncc(-c2cnn3cc(-c4cnn(C5CC5)c4)c(O[C@H]4CCOC4)nc23)c1. The Bertz CT molecular complexity index is 1340. The first-order chi connectivity index (χ1) is 16.2. The van der Waals surface area contributed by atoms with Gasteiger partial charge in [-0.15, -0.1) is 0 Å². The van der Waals surface area contributed by atoms with Gasteiger partial charge in [0, 0.05) is 54.9 Å². The third-order valence-corrected chi connectivity index (χ3v) is 6.00. The number of pyridine rings is 1. The van der Waals surface area contributed by atoms with Crippen molar-refractivity contribution >= 4 is 11.6 Å². The van der Waals surface area contributed by atoms with E-state index in [1.54, 1.807) is 30.0 Å². The predicted molar refractivity (Wildman–Crippen MR) is 119 cm³/mol. The number of ether oxygens (including phenoxy) is 2. The van der Waals surface area contributed by atoms with Crippen LogP contribution >= 0.6 is 0 Å². The fraction of sp³-hybridized carbons (Fsp3) is 0.348. The van der Waals surface area contributed by atoms with Crippen molar-refractivity contribution in [3.8, 4) is 28.1 Å². The van der Waals surface area contributed by atoms with E-state index in [4.69, 9.17) is 14.5 Å². The van der Waals surface area contributed by atoms with Crippen LogP contribution in [0.1, 0.15) is 35.7 Å².